The van der Waals surface area contributed by atoms with Gasteiger partial charge in [0.1, 0.15) is 6.04 Å². The number of carbonyl (C=O) groups excluding carboxylic acids is 3. The SMILES string of the molecule is CC(=O)Nc1ccc(N2C(=O)CC(N(Cc3ccccc3)S(=O)(=O)c3ccc(Cl)cc3)C2=O)cc1. The van der Waals surface area contributed by atoms with Crippen molar-refractivity contribution < 1.29 is 22.8 Å². The van der Waals surface area contributed by atoms with E-state index >= 15 is 0 Å². The molecule has 0 radical (unpaired) electrons. The maximum absolute atomic E-state index is 13.6. The number of sulfonamides is 1. The summed E-state index contributed by atoms with van der Waals surface area (Å²) < 4.78 is 28.3. The predicted molar refractivity (Wildman–Crippen MR) is 132 cm³/mol. The third kappa shape index (κ3) is 5.27. The zero-order chi connectivity index (χ0) is 25.2. The number of anilines is 2. The molecule has 1 aliphatic heterocycles. The number of rotatable bonds is 7. The molecule has 1 atom stereocenters. The zero-order valence-corrected chi connectivity index (χ0v) is 20.3. The van der Waals surface area contributed by atoms with Crippen LogP contribution in [-0.2, 0) is 31.0 Å². The summed E-state index contributed by atoms with van der Waals surface area (Å²) in [6.45, 7) is 1.28. The molecule has 1 unspecified atom stereocenters. The van der Waals surface area contributed by atoms with Crippen LogP contribution in [-0.4, -0.2) is 36.5 Å². The van der Waals surface area contributed by atoms with Gasteiger partial charge in [0.2, 0.25) is 21.8 Å². The van der Waals surface area contributed by atoms with Gasteiger partial charge in [-0.15, -0.1) is 0 Å². The van der Waals surface area contributed by atoms with Gasteiger partial charge in [-0.2, -0.15) is 4.31 Å². The molecule has 3 amide bonds. The fraction of sp³-hybridized carbons (Fsp3) is 0.160. The quantitative estimate of drug-likeness (QED) is 0.486. The summed E-state index contributed by atoms with van der Waals surface area (Å²) in [6, 6.07) is 19.5. The van der Waals surface area contributed by atoms with E-state index in [-0.39, 0.29) is 23.8 Å². The van der Waals surface area contributed by atoms with Crippen molar-refractivity contribution in [2.24, 2.45) is 0 Å². The predicted octanol–water partition coefficient (Wildman–Crippen LogP) is 3.82. The van der Waals surface area contributed by atoms with Gasteiger partial charge in [0.05, 0.1) is 17.0 Å². The molecule has 3 aromatic rings. The highest BCUT2D eigenvalue weighted by Crippen LogP contribution is 2.31. The second-order valence-electron chi connectivity index (χ2n) is 8.01. The van der Waals surface area contributed by atoms with Crippen molar-refractivity contribution in [3.05, 3.63) is 89.4 Å². The third-order valence-electron chi connectivity index (χ3n) is 5.52. The Morgan fingerprint density at radius 2 is 1.63 bits per heavy atom. The van der Waals surface area contributed by atoms with Crippen LogP contribution in [0.4, 0.5) is 11.4 Å². The van der Waals surface area contributed by atoms with Crippen LogP contribution in [0.15, 0.2) is 83.8 Å². The zero-order valence-electron chi connectivity index (χ0n) is 18.7. The number of hydrogen-bond acceptors (Lipinski definition) is 5. The van der Waals surface area contributed by atoms with E-state index in [1.807, 2.05) is 0 Å². The molecule has 180 valence electrons. The van der Waals surface area contributed by atoms with Crippen LogP contribution >= 0.6 is 11.6 Å². The highest BCUT2D eigenvalue weighted by atomic mass is 35.5. The number of halogens is 1. The number of nitrogens with one attached hydrogen (secondary N) is 1. The molecule has 1 saturated heterocycles. The summed E-state index contributed by atoms with van der Waals surface area (Å²) in [5, 5.41) is 2.99. The molecule has 1 N–H and O–H groups in total. The van der Waals surface area contributed by atoms with E-state index < -0.39 is 27.9 Å². The Hall–Kier alpha value is -3.53. The number of benzene rings is 3. The Balaban J connectivity index is 1.69. The van der Waals surface area contributed by atoms with Gasteiger partial charge in [-0.3, -0.25) is 14.4 Å². The van der Waals surface area contributed by atoms with Crippen molar-refractivity contribution in [2.75, 3.05) is 10.2 Å². The minimum atomic E-state index is -4.15. The number of amides is 3. The summed E-state index contributed by atoms with van der Waals surface area (Å²) in [6.07, 6.45) is -0.300. The smallest absolute Gasteiger partial charge is 0.252 e. The van der Waals surface area contributed by atoms with Crippen LogP contribution in [0.1, 0.15) is 18.9 Å². The van der Waals surface area contributed by atoms with Gasteiger partial charge in [-0.25, -0.2) is 13.3 Å². The van der Waals surface area contributed by atoms with Gasteiger partial charge < -0.3 is 5.32 Å². The van der Waals surface area contributed by atoms with E-state index in [2.05, 4.69) is 5.32 Å². The summed E-state index contributed by atoms with van der Waals surface area (Å²) in [7, 11) is -4.15. The highest BCUT2D eigenvalue weighted by molar-refractivity contribution is 7.89. The third-order valence-corrected chi connectivity index (χ3v) is 7.64. The molecule has 35 heavy (non-hydrogen) atoms. The van der Waals surface area contributed by atoms with Crippen LogP contribution in [0.3, 0.4) is 0 Å². The first-order valence-corrected chi connectivity index (χ1v) is 12.5. The maximum Gasteiger partial charge on any atom is 0.252 e. The van der Waals surface area contributed by atoms with Crippen LogP contribution in [0, 0.1) is 0 Å². The Morgan fingerprint density at radius 3 is 2.23 bits per heavy atom. The first-order valence-electron chi connectivity index (χ1n) is 10.7. The van der Waals surface area contributed by atoms with Gasteiger partial charge in [-0.05, 0) is 54.1 Å². The molecule has 0 aliphatic carbocycles. The van der Waals surface area contributed by atoms with E-state index in [1.54, 1.807) is 42.5 Å². The van der Waals surface area contributed by atoms with Gasteiger partial charge in [-0.1, -0.05) is 41.9 Å². The van der Waals surface area contributed by atoms with E-state index in [4.69, 9.17) is 11.6 Å². The van der Waals surface area contributed by atoms with Crippen molar-refractivity contribution in [1.82, 2.24) is 4.31 Å². The Bertz CT molecular complexity index is 1360. The first-order chi connectivity index (χ1) is 16.7. The highest BCUT2D eigenvalue weighted by Gasteiger charge is 2.47. The Labute approximate surface area is 208 Å². The molecule has 3 aromatic carbocycles. The lowest BCUT2D eigenvalue weighted by Crippen LogP contribution is -2.45. The van der Waals surface area contributed by atoms with Gasteiger partial charge >= 0.3 is 0 Å². The molecule has 0 aromatic heterocycles. The summed E-state index contributed by atoms with van der Waals surface area (Å²) in [4.78, 5) is 38.6. The lowest BCUT2D eigenvalue weighted by atomic mass is 10.2. The summed E-state index contributed by atoms with van der Waals surface area (Å²) in [5.41, 5.74) is 1.47. The van der Waals surface area contributed by atoms with Crippen molar-refractivity contribution in [2.45, 2.75) is 30.8 Å². The second kappa shape index (κ2) is 9.99. The van der Waals surface area contributed by atoms with Crippen LogP contribution in [0.5, 0.6) is 0 Å². The maximum atomic E-state index is 13.6. The normalized spacial score (nSPS) is 16.1. The van der Waals surface area contributed by atoms with E-state index in [0.29, 0.717) is 22.0 Å². The van der Waals surface area contributed by atoms with Gasteiger partial charge in [0.25, 0.3) is 5.91 Å². The van der Waals surface area contributed by atoms with E-state index in [0.717, 1.165) is 9.21 Å². The average molecular weight is 512 g/mol. The van der Waals surface area contributed by atoms with E-state index in [1.165, 1.54) is 43.3 Å². The average Bonchev–Trinajstić information content (AvgIpc) is 3.12. The molecule has 0 spiro atoms. The number of carbonyl (C=O) groups is 3. The number of imide groups is 1. The van der Waals surface area contributed by atoms with E-state index in [9.17, 15) is 22.8 Å². The Morgan fingerprint density at radius 1 is 1.00 bits per heavy atom. The van der Waals surface area contributed by atoms with Gasteiger partial charge in [0.15, 0.2) is 0 Å². The molecule has 1 heterocycles. The molecule has 0 bridgehead atoms. The molecular weight excluding hydrogens is 490 g/mol. The molecule has 1 fully saturated rings. The molecule has 10 heteroatoms. The largest absolute Gasteiger partial charge is 0.326 e. The molecule has 8 nitrogen and oxygen atoms in total. The molecule has 1 aliphatic rings. The standard InChI is InChI=1S/C25H22ClN3O5S/c1-17(30)27-20-9-11-21(12-10-20)29-24(31)15-23(25(29)32)28(16-18-5-3-2-4-6-18)35(33,34)22-13-7-19(26)8-14-22/h2-14,23H,15-16H2,1H3,(H,27,30). The van der Waals surface area contributed by atoms with Crippen LogP contribution in [0.2, 0.25) is 5.02 Å². The summed E-state index contributed by atoms with van der Waals surface area (Å²) >= 11 is 5.93. The minimum absolute atomic E-state index is 0.0313. The monoisotopic (exact) mass is 511 g/mol. The molecule has 4 rings (SSSR count). The van der Waals surface area contributed by atoms with Crippen LogP contribution in [0.25, 0.3) is 0 Å². The number of hydrogen-bond donors (Lipinski definition) is 1. The lowest BCUT2D eigenvalue weighted by Gasteiger charge is -2.27. The Kier molecular flexibility index (Phi) is 7.02. The number of nitrogens with zero attached hydrogens (tertiary/aromatic N) is 2. The fourth-order valence-electron chi connectivity index (χ4n) is 3.88. The molecular formula is C25H22ClN3O5S. The van der Waals surface area contributed by atoms with Crippen molar-refractivity contribution in [3.8, 4) is 0 Å². The minimum Gasteiger partial charge on any atom is -0.326 e. The molecule has 0 saturated carbocycles. The lowest BCUT2D eigenvalue weighted by molar-refractivity contribution is -0.122. The second-order valence-corrected chi connectivity index (χ2v) is 10.3. The first kappa shape index (κ1) is 24.6. The van der Waals surface area contributed by atoms with Crippen molar-refractivity contribution >= 4 is 50.7 Å². The topological polar surface area (TPSA) is 104 Å². The van der Waals surface area contributed by atoms with Crippen molar-refractivity contribution in [3.63, 3.8) is 0 Å². The summed E-state index contributed by atoms with van der Waals surface area (Å²) in [5.74, 6) is -1.41. The fourth-order valence-corrected chi connectivity index (χ4v) is 5.57. The van der Waals surface area contributed by atoms with Crippen molar-refractivity contribution in [1.29, 1.82) is 0 Å². The van der Waals surface area contributed by atoms with Gasteiger partial charge in [0, 0.05) is 24.2 Å². The van der Waals surface area contributed by atoms with Crippen LogP contribution < -0.4 is 10.2 Å².